The zero-order chi connectivity index (χ0) is 10.5. The Balaban J connectivity index is 4.79. The van der Waals surface area contributed by atoms with E-state index in [1.54, 1.807) is 0 Å². The lowest BCUT2D eigenvalue weighted by molar-refractivity contribution is 0.216. The molecular formula is C6H10F3O3P. The monoisotopic (exact) mass is 218 g/mol. The molecule has 7 heteroatoms. The molecule has 0 heterocycles. The maximum Gasteiger partial charge on any atom is 0.395 e. The van der Waals surface area contributed by atoms with Crippen molar-refractivity contribution in [1.82, 2.24) is 0 Å². The van der Waals surface area contributed by atoms with E-state index in [0.717, 1.165) is 0 Å². The third-order valence-electron chi connectivity index (χ3n) is 0.995. The van der Waals surface area contributed by atoms with Crippen molar-refractivity contribution in [3.63, 3.8) is 0 Å². The first-order valence-electron chi connectivity index (χ1n) is 3.58. The lowest BCUT2D eigenvalue weighted by atomic mass is 10.9. The molecule has 0 rings (SSSR count). The molecule has 0 amide bonds. The van der Waals surface area contributed by atoms with Crippen LogP contribution < -0.4 is 0 Å². The quantitative estimate of drug-likeness (QED) is 0.664. The van der Waals surface area contributed by atoms with Crippen molar-refractivity contribution in [3.8, 4) is 0 Å². The Morgan fingerprint density at radius 3 is 1.77 bits per heavy atom. The smallest absolute Gasteiger partial charge is 0.304 e. The van der Waals surface area contributed by atoms with E-state index in [-0.39, 0.29) is 13.2 Å². The van der Waals surface area contributed by atoms with Gasteiger partial charge in [0, 0.05) is 0 Å². The molecule has 0 saturated heterocycles. The van der Waals surface area contributed by atoms with Crippen molar-refractivity contribution in [2.45, 2.75) is 13.8 Å². The van der Waals surface area contributed by atoms with Gasteiger partial charge in [0.15, 0.2) is 0 Å². The third kappa shape index (κ3) is 3.50. The minimum atomic E-state index is -4.40. The maximum absolute atomic E-state index is 12.6. The van der Waals surface area contributed by atoms with Gasteiger partial charge in [0.1, 0.15) is 0 Å². The molecule has 78 valence electrons. The highest BCUT2D eigenvalue weighted by Gasteiger charge is 2.34. The Morgan fingerprint density at radius 2 is 1.54 bits per heavy atom. The van der Waals surface area contributed by atoms with Crippen LogP contribution in [0.5, 0.6) is 0 Å². The van der Waals surface area contributed by atoms with Crippen molar-refractivity contribution < 1.29 is 26.8 Å². The molecule has 0 aliphatic rings. The largest absolute Gasteiger partial charge is 0.395 e. The summed E-state index contributed by atoms with van der Waals surface area (Å²) in [5.41, 5.74) is -2.11. The van der Waals surface area contributed by atoms with E-state index in [1.165, 1.54) is 13.8 Å². The first-order chi connectivity index (χ1) is 5.98. The Morgan fingerprint density at radius 1 is 1.15 bits per heavy atom. The molecule has 0 unspecified atom stereocenters. The molecule has 13 heavy (non-hydrogen) atoms. The van der Waals surface area contributed by atoms with Gasteiger partial charge in [-0.1, -0.05) is 0 Å². The van der Waals surface area contributed by atoms with Gasteiger partial charge in [-0.05, 0) is 13.8 Å². The molecule has 0 aromatic heterocycles. The maximum atomic E-state index is 12.6. The van der Waals surface area contributed by atoms with Gasteiger partial charge >= 0.3 is 13.7 Å². The SMILES string of the molecule is CCOP(=O)(OCC)C(F)=C(F)F. The van der Waals surface area contributed by atoms with Crippen LogP contribution in [0.4, 0.5) is 13.2 Å². The summed E-state index contributed by atoms with van der Waals surface area (Å²) < 4.78 is 55.9. The van der Waals surface area contributed by atoms with Crippen molar-refractivity contribution in [2.75, 3.05) is 13.2 Å². The predicted molar refractivity (Wildman–Crippen MR) is 41.2 cm³/mol. The molecule has 0 aliphatic heterocycles. The van der Waals surface area contributed by atoms with Crippen LogP contribution >= 0.6 is 7.60 Å². The Kier molecular flexibility index (Phi) is 5.29. The molecule has 0 atom stereocenters. The molecule has 3 nitrogen and oxygen atoms in total. The van der Waals surface area contributed by atoms with Crippen LogP contribution in [0.15, 0.2) is 11.6 Å². The molecule has 0 fully saturated rings. The first-order valence-corrected chi connectivity index (χ1v) is 5.12. The van der Waals surface area contributed by atoms with E-state index in [4.69, 9.17) is 0 Å². The van der Waals surface area contributed by atoms with Crippen molar-refractivity contribution in [3.05, 3.63) is 11.6 Å². The zero-order valence-electron chi connectivity index (χ0n) is 7.22. The van der Waals surface area contributed by atoms with Gasteiger partial charge in [-0.25, -0.2) is 0 Å². The van der Waals surface area contributed by atoms with Crippen molar-refractivity contribution in [1.29, 1.82) is 0 Å². The van der Waals surface area contributed by atoms with Gasteiger partial charge in [-0.15, -0.1) is 0 Å². The van der Waals surface area contributed by atoms with Crippen LogP contribution in [-0.2, 0) is 13.6 Å². The van der Waals surface area contributed by atoms with Crippen LogP contribution in [0.3, 0.4) is 0 Å². The van der Waals surface area contributed by atoms with Crippen LogP contribution in [0, 0.1) is 0 Å². The van der Waals surface area contributed by atoms with Crippen LogP contribution in [-0.4, -0.2) is 13.2 Å². The molecule has 0 aromatic rings. The molecule has 0 bridgehead atoms. The van der Waals surface area contributed by atoms with E-state index in [0.29, 0.717) is 0 Å². The van der Waals surface area contributed by atoms with Crippen molar-refractivity contribution >= 4 is 7.60 Å². The van der Waals surface area contributed by atoms with Crippen molar-refractivity contribution in [2.24, 2.45) is 0 Å². The zero-order valence-corrected chi connectivity index (χ0v) is 8.11. The summed E-state index contributed by atoms with van der Waals surface area (Å²) in [6.45, 7) is 2.46. The average Bonchev–Trinajstić information content (AvgIpc) is 2.03. The van der Waals surface area contributed by atoms with E-state index in [9.17, 15) is 17.7 Å². The summed E-state index contributed by atoms with van der Waals surface area (Å²) >= 11 is 0. The highest BCUT2D eigenvalue weighted by atomic mass is 31.2. The van der Waals surface area contributed by atoms with Gasteiger partial charge < -0.3 is 9.05 Å². The van der Waals surface area contributed by atoms with E-state index in [1.807, 2.05) is 0 Å². The molecule has 0 N–H and O–H groups in total. The summed E-state index contributed by atoms with van der Waals surface area (Å²) in [4.78, 5) is 0. The summed E-state index contributed by atoms with van der Waals surface area (Å²) in [5, 5.41) is 0. The second kappa shape index (κ2) is 5.42. The lowest BCUT2D eigenvalue weighted by Gasteiger charge is -2.13. The van der Waals surface area contributed by atoms with E-state index < -0.39 is 19.2 Å². The van der Waals surface area contributed by atoms with E-state index in [2.05, 4.69) is 9.05 Å². The molecule has 0 aromatic carbocycles. The molecule has 0 saturated carbocycles. The second-order valence-electron chi connectivity index (χ2n) is 1.88. The fraction of sp³-hybridized carbons (Fsp3) is 0.667. The average molecular weight is 218 g/mol. The fourth-order valence-electron chi connectivity index (χ4n) is 0.594. The fourth-order valence-corrected chi connectivity index (χ4v) is 1.78. The minimum absolute atomic E-state index is 0.169. The Hall–Kier alpha value is -0.320. The predicted octanol–water partition coefficient (Wildman–Crippen LogP) is 3.29. The lowest BCUT2D eigenvalue weighted by Crippen LogP contribution is -1.96. The summed E-state index contributed by atoms with van der Waals surface area (Å²) in [7, 11) is -4.40. The summed E-state index contributed by atoms with van der Waals surface area (Å²) in [6.07, 6.45) is -2.68. The number of hydrogen-bond acceptors (Lipinski definition) is 3. The Bertz CT molecular complexity index is 227. The Labute approximate surface area is 74.1 Å². The topological polar surface area (TPSA) is 35.5 Å². The van der Waals surface area contributed by atoms with Gasteiger partial charge in [0.25, 0.3) is 5.57 Å². The van der Waals surface area contributed by atoms with E-state index >= 15 is 0 Å². The highest BCUT2D eigenvalue weighted by Crippen LogP contribution is 2.57. The number of rotatable bonds is 5. The minimum Gasteiger partial charge on any atom is -0.304 e. The molecule has 0 radical (unpaired) electrons. The van der Waals surface area contributed by atoms with Gasteiger partial charge in [-0.2, -0.15) is 13.2 Å². The van der Waals surface area contributed by atoms with Crippen LogP contribution in [0.1, 0.15) is 13.8 Å². The first kappa shape index (κ1) is 12.7. The molecule has 0 spiro atoms. The standard InChI is InChI=1S/C6H10F3O3P/c1-3-11-13(10,12-4-2)6(9)5(7)8/h3-4H2,1-2H3. The summed E-state index contributed by atoms with van der Waals surface area (Å²) in [6, 6.07) is 0. The third-order valence-corrected chi connectivity index (χ3v) is 2.84. The number of halogens is 3. The highest BCUT2D eigenvalue weighted by molar-refractivity contribution is 7.58. The number of hydrogen-bond donors (Lipinski definition) is 0. The van der Waals surface area contributed by atoms with Crippen LogP contribution in [0.2, 0.25) is 0 Å². The molecule has 0 aliphatic carbocycles. The van der Waals surface area contributed by atoms with Gasteiger partial charge in [0.2, 0.25) is 0 Å². The van der Waals surface area contributed by atoms with Gasteiger partial charge in [0.05, 0.1) is 13.2 Å². The molecular weight excluding hydrogens is 208 g/mol. The van der Waals surface area contributed by atoms with Crippen LogP contribution in [0.25, 0.3) is 0 Å². The second-order valence-corrected chi connectivity index (χ2v) is 3.79. The normalized spacial score (nSPS) is 11.5. The van der Waals surface area contributed by atoms with Gasteiger partial charge in [-0.3, -0.25) is 4.57 Å². The summed E-state index contributed by atoms with van der Waals surface area (Å²) in [5.74, 6) is 0.